The van der Waals surface area contributed by atoms with Gasteiger partial charge in [0.25, 0.3) is 0 Å². The van der Waals surface area contributed by atoms with Gasteiger partial charge in [0.15, 0.2) is 11.5 Å². The maximum Gasteiger partial charge on any atom is 0.161 e. The summed E-state index contributed by atoms with van der Waals surface area (Å²) >= 11 is 0. The van der Waals surface area contributed by atoms with Gasteiger partial charge >= 0.3 is 0 Å². The molecule has 1 N–H and O–H groups in total. The molecule has 0 spiro atoms. The second kappa shape index (κ2) is 6.19. The molecule has 2 aromatic carbocycles. The lowest BCUT2D eigenvalue weighted by atomic mass is 10.2. The zero-order chi connectivity index (χ0) is 14.5. The molecule has 0 radical (unpaired) electrons. The third kappa shape index (κ3) is 3.35. The Kier molecular flexibility index (Phi) is 4.35. The van der Waals surface area contributed by atoms with Crippen LogP contribution in [-0.4, -0.2) is 17.9 Å². The molecule has 20 heavy (non-hydrogen) atoms. The van der Waals surface area contributed by atoms with Crippen molar-refractivity contribution in [3.8, 4) is 11.5 Å². The van der Waals surface area contributed by atoms with Crippen molar-refractivity contribution >= 4 is 11.9 Å². The highest BCUT2D eigenvalue weighted by Gasteiger charge is 2.02. The summed E-state index contributed by atoms with van der Waals surface area (Å²) in [4.78, 5) is 4.21. The monoisotopic (exact) mass is 273 g/mol. The van der Waals surface area contributed by atoms with Crippen LogP contribution in [0, 0.1) is 12.7 Å². The molecule has 4 heteroatoms. The summed E-state index contributed by atoms with van der Waals surface area (Å²) in [5, 5.41) is 9.60. The molecule has 0 bridgehead atoms. The second-order valence-corrected chi connectivity index (χ2v) is 4.35. The number of aromatic hydroxyl groups is 1. The van der Waals surface area contributed by atoms with Crippen molar-refractivity contribution < 1.29 is 14.2 Å². The molecule has 2 aromatic rings. The van der Waals surface area contributed by atoms with Crippen LogP contribution in [0.25, 0.3) is 0 Å². The van der Waals surface area contributed by atoms with Gasteiger partial charge in [0, 0.05) is 6.21 Å². The van der Waals surface area contributed by atoms with E-state index in [1.165, 1.54) is 6.07 Å². The van der Waals surface area contributed by atoms with Crippen LogP contribution in [0.3, 0.4) is 0 Å². The Bertz CT molecular complexity index is 638. The molecule has 0 aliphatic rings. The number of aryl methyl sites for hydroxylation is 1. The average molecular weight is 273 g/mol. The quantitative estimate of drug-likeness (QED) is 0.856. The van der Waals surface area contributed by atoms with E-state index in [1.807, 2.05) is 6.92 Å². The molecule has 104 valence electrons. The Morgan fingerprint density at radius 3 is 2.75 bits per heavy atom. The van der Waals surface area contributed by atoms with Crippen molar-refractivity contribution in [2.45, 2.75) is 13.8 Å². The largest absolute Gasteiger partial charge is 0.504 e. The number of rotatable bonds is 4. The predicted molar refractivity (Wildman–Crippen MR) is 77.7 cm³/mol. The van der Waals surface area contributed by atoms with E-state index < -0.39 is 0 Å². The molecule has 0 aliphatic carbocycles. The average Bonchev–Trinajstić information content (AvgIpc) is 2.43. The lowest BCUT2D eigenvalue weighted by molar-refractivity contribution is 0.318. The van der Waals surface area contributed by atoms with Gasteiger partial charge in [0.05, 0.1) is 12.3 Å². The molecular weight excluding hydrogens is 257 g/mol. The van der Waals surface area contributed by atoms with Crippen molar-refractivity contribution in [1.29, 1.82) is 0 Å². The van der Waals surface area contributed by atoms with Crippen LogP contribution in [0.4, 0.5) is 10.1 Å². The maximum absolute atomic E-state index is 13.4. The van der Waals surface area contributed by atoms with Gasteiger partial charge in [-0.3, -0.25) is 4.99 Å². The van der Waals surface area contributed by atoms with Gasteiger partial charge in [0.2, 0.25) is 0 Å². The van der Waals surface area contributed by atoms with E-state index in [9.17, 15) is 9.50 Å². The third-order valence-corrected chi connectivity index (χ3v) is 2.80. The van der Waals surface area contributed by atoms with Crippen LogP contribution in [-0.2, 0) is 0 Å². The zero-order valence-corrected chi connectivity index (χ0v) is 11.4. The van der Waals surface area contributed by atoms with Gasteiger partial charge in [-0.15, -0.1) is 0 Å². The number of aliphatic imine (C=N–C) groups is 1. The lowest BCUT2D eigenvalue weighted by Gasteiger charge is -2.06. The topological polar surface area (TPSA) is 41.8 Å². The summed E-state index contributed by atoms with van der Waals surface area (Å²) in [7, 11) is 0. The fourth-order valence-corrected chi connectivity index (χ4v) is 1.69. The summed E-state index contributed by atoms with van der Waals surface area (Å²) in [6, 6.07) is 9.76. The van der Waals surface area contributed by atoms with Gasteiger partial charge in [-0.25, -0.2) is 4.39 Å². The molecule has 2 rings (SSSR count). The van der Waals surface area contributed by atoms with Crippen molar-refractivity contribution in [2.75, 3.05) is 6.61 Å². The number of benzene rings is 2. The molecule has 0 saturated heterocycles. The first-order valence-electron chi connectivity index (χ1n) is 6.36. The maximum atomic E-state index is 13.4. The van der Waals surface area contributed by atoms with Crippen molar-refractivity contribution in [3.63, 3.8) is 0 Å². The SMILES string of the molecule is CCOc1cc(C=Nc2ccc(C)c(F)c2)ccc1O. The molecule has 0 aromatic heterocycles. The molecule has 0 amide bonds. The van der Waals surface area contributed by atoms with E-state index in [-0.39, 0.29) is 11.6 Å². The Labute approximate surface area is 117 Å². The molecule has 0 atom stereocenters. The first-order valence-corrected chi connectivity index (χ1v) is 6.36. The first-order chi connectivity index (χ1) is 9.60. The van der Waals surface area contributed by atoms with Crippen LogP contribution in [0.5, 0.6) is 11.5 Å². The van der Waals surface area contributed by atoms with Gasteiger partial charge in [0.1, 0.15) is 5.82 Å². The third-order valence-electron chi connectivity index (χ3n) is 2.80. The Morgan fingerprint density at radius 1 is 1.25 bits per heavy atom. The van der Waals surface area contributed by atoms with E-state index in [1.54, 1.807) is 43.5 Å². The number of nitrogens with zero attached hydrogens (tertiary/aromatic N) is 1. The van der Waals surface area contributed by atoms with Crippen LogP contribution < -0.4 is 4.74 Å². The van der Waals surface area contributed by atoms with E-state index in [4.69, 9.17) is 4.74 Å². The summed E-state index contributed by atoms with van der Waals surface area (Å²) in [5.41, 5.74) is 1.90. The second-order valence-electron chi connectivity index (χ2n) is 4.35. The number of hydrogen-bond acceptors (Lipinski definition) is 3. The van der Waals surface area contributed by atoms with Crippen LogP contribution in [0.2, 0.25) is 0 Å². The number of phenols is 1. The number of ether oxygens (including phenoxy) is 1. The zero-order valence-electron chi connectivity index (χ0n) is 11.4. The van der Waals surface area contributed by atoms with Crippen molar-refractivity contribution in [3.05, 3.63) is 53.3 Å². The standard InChI is InChI=1S/C16H16FNO2/c1-3-20-16-8-12(5-7-15(16)19)10-18-13-6-4-11(2)14(17)9-13/h4-10,19H,3H2,1-2H3. The molecular formula is C16H16FNO2. The highest BCUT2D eigenvalue weighted by molar-refractivity contribution is 5.83. The van der Waals surface area contributed by atoms with E-state index in [0.717, 1.165) is 5.56 Å². The molecule has 0 saturated carbocycles. The predicted octanol–water partition coefficient (Wildman–Crippen LogP) is 3.99. The summed E-state index contributed by atoms with van der Waals surface area (Å²) < 4.78 is 18.7. The highest BCUT2D eigenvalue weighted by atomic mass is 19.1. The van der Waals surface area contributed by atoms with Gasteiger partial charge in [-0.1, -0.05) is 6.07 Å². The van der Waals surface area contributed by atoms with E-state index in [0.29, 0.717) is 23.6 Å². The molecule has 0 unspecified atom stereocenters. The lowest BCUT2D eigenvalue weighted by Crippen LogP contribution is -1.93. The van der Waals surface area contributed by atoms with E-state index >= 15 is 0 Å². The summed E-state index contributed by atoms with van der Waals surface area (Å²) in [6.07, 6.45) is 1.60. The van der Waals surface area contributed by atoms with Gasteiger partial charge in [-0.05, 0) is 55.3 Å². The van der Waals surface area contributed by atoms with E-state index in [2.05, 4.69) is 4.99 Å². The highest BCUT2D eigenvalue weighted by Crippen LogP contribution is 2.26. The minimum Gasteiger partial charge on any atom is -0.504 e. The Balaban J connectivity index is 2.22. The first kappa shape index (κ1) is 14.1. The minimum atomic E-state index is -0.277. The fourth-order valence-electron chi connectivity index (χ4n) is 1.69. The normalized spacial score (nSPS) is 10.9. The summed E-state index contributed by atoms with van der Waals surface area (Å²) in [6.45, 7) is 4.02. The smallest absolute Gasteiger partial charge is 0.161 e. The van der Waals surface area contributed by atoms with Gasteiger partial charge in [-0.2, -0.15) is 0 Å². The van der Waals surface area contributed by atoms with Crippen LogP contribution >= 0.6 is 0 Å². The van der Waals surface area contributed by atoms with Crippen molar-refractivity contribution in [1.82, 2.24) is 0 Å². The molecule has 0 aliphatic heterocycles. The number of halogens is 1. The molecule has 3 nitrogen and oxygen atoms in total. The van der Waals surface area contributed by atoms with Crippen molar-refractivity contribution in [2.24, 2.45) is 4.99 Å². The van der Waals surface area contributed by atoms with Crippen LogP contribution in [0.1, 0.15) is 18.1 Å². The number of phenolic OH excluding ortho intramolecular Hbond substituents is 1. The Hall–Kier alpha value is -2.36. The Morgan fingerprint density at radius 2 is 2.05 bits per heavy atom. The fraction of sp³-hybridized carbons (Fsp3) is 0.188. The molecule has 0 fully saturated rings. The summed E-state index contributed by atoms with van der Waals surface area (Å²) in [5.74, 6) is 0.220. The molecule has 0 heterocycles. The van der Waals surface area contributed by atoms with Gasteiger partial charge < -0.3 is 9.84 Å². The minimum absolute atomic E-state index is 0.0883. The van der Waals surface area contributed by atoms with Crippen LogP contribution in [0.15, 0.2) is 41.4 Å². The number of hydrogen-bond donors (Lipinski definition) is 1.